The van der Waals surface area contributed by atoms with Crippen molar-refractivity contribution in [3.05, 3.63) is 0 Å². The Kier molecular flexibility index (Phi) is 2.99. The van der Waals surface area contributed by atoms with Crippen molar-refractivity contribution in [1.82, 2.24) is 4.72 Å². The Balaban J connectivity index is 2.58. The minimum absolute atomic E-state index is 0.245. The highest BCUT2D eigenvalue weighted by Gasteiger charge is 2.31. The number of rotatable bonds is 2. The van der Waals surface area contributed by atoms with Gasteiger partial charge in [-0.15, -0.1) is 0 Å². The van der Waals surface area contributed by atoms with Gasteiger partial charge in [-0.3, -0.25) is 0 Å². The molecule has 4 nitrogen and oxygen atoms in total. The minimum atomic E-state index is -3.09. The highest BCUT2D eigenvalue weighted by molar-refractivity contribution is 7.88. The Hall–Kier alpha value is -0.130. The first kappa shape index (κ1) is 10.9. The highest BCUT2D eigenvalue weighted by atomic mass is 32.2. The van der Waals surface area contributed by atoms with Crippen molar-refractivity contribution in [3.8, 4) is 0 Å². The van der Waals surface area contributed by atoms with Crippen molar-refractivity contribution >= 4 is 10.0 Å². The lowest BCUT2D eigenvalue weighted by Gasteiger charge is -2.36. The normalized spacial score (nSPS) is 36.1. The van der Waals surface area contributed by atoms with Gasteiger partial charge in [-0.1, -0.05) is 0 Å². The fourth-order valence-electron chi connectivity index (χ4n) is 1.83. The van der Waals surface area contributed by atoms with Crippen LogP contribution >= 0.6 is 0 Å². The van der Waals surface area contributed by atoms with Crippen molar-refractivity contribution in [2.75, 3.05) is 6.26 Å². The zero-order chi connectivity index (χ0) is 10.1. The zero-order valence-corrected chi connectivity index (χ0v) is 9.02. The largest absolute Gasteiger partial charge is 0.328 e. The summed E-state index contributed by atoms with van der Waals surface area (Å²) in [5.41, 5.74) is 5.47. The Morgan fingerprint density at radius 3 is 2.23 bits per heavy atom. The van der Waals surface area contributed by atoms with E-state index in [1.165, 1.54) is 6.26 Å². The molecule has 0 atom stereocenters. The van der Waals surface area contributed by atoms with Crippen LogP contribution in [0.4, 0.5) is 0 Å². The second-order valence-corrected chi connectivity index (χ2v) is 6.02. The van der Waals surface area contributed by atoms with Crippen LogP contribution in [0.25, 0.3) is 0 Å². The van der Waals surface area contributed by atoms with Crippen molar-refractivity contribution < 1.29 is 8.42 Å². The monoisotopic (exact) mass is 206 g/mol. The number of sulfonamides is 1. The molecule has 0 aromatic heterocycles. The van der Waals surface area contributed by atoms with E-state index >= 15 is 0 Å². The predicted octanol–water partition coefficient (Wildman–Crippen LogP) is 0.196. The summed E-state index contributed by atoms with van der Waals surface area (Å²) >= 11 is 0. The van der Waals surface area contributed by atoms with E-state index in [1.807, 2.05) is 6.92 Å². The molecule has 0 aliphatic heterocycles. The molecule has 0 aromatic rings. The maximum atomic E-state index is 11.0. The summed E-state index contributed by atoms with van der Waals surface area (Å²) in [6, 6.07) is 0.245. The van der Waals surface area contributed by atoms with Gasteiger partial charge < -0.3 is 5.73 Å². The third-order valence-electron chi connectivity index (χ3n) is 2.57. The van der Waals surface area contributed by atoms with Gasteiger partial charge in [0, 0.05) is 11.6 Å². The third kappa shape index (κ3) is 3.62. The van der Waals surface area contributed by atoms with Crippen LogP contribution in [0, 0.1) is 0 Å². The number of hydrogen-bond donors (Lipinski definition) is 2. The molecule has 0 unspecified atom stereocenters. The SMILES string of the molecule is CC1(NS(C)(=O)=O)CCC(N)CC1. The number of nitrogens with two attached hydrogens (primary N) is 1. The molecule has 0 radical (unpaired) electrons. The maximum Gasteiger partial charge on any atom is 0.209 e. The van der Waals surface area contributed by atoms with Crippen LogP contribution in [0.3, 0.4) is 0 Å². The molecule has 0 saturated heterocycles. The van der Waals surface area contributed by atoms with Gasteiger partial charge in [0.15, 0.2) is 0 Å². The van der Waals surface area contributed by atoms with Gasteiger partial charge in [0.2, 0.25) is 10.0 Å². The number of hydrogen-bond acceptors (Lipinski definition) is 3. The molecular formula is C8H18N2O2S. The van der Waals surface area contributed by atoms with Gasteiger partial charge in [-0.05, 0) is 32.6 Å². The van der Waals surface area contributed by atoms with Crippen LogP contribution in [-0.2, 0) is 10.0 Å². The minimum Gasteiger partial charge on any atom is -0.328 e. The fraction of sp³-hybridized carbons (Fsp3) is 1.00. The molecule has 3 N–H and O–H groups in total. The summed E-state index contributed by atoms with van der Waals surface area (Å²) in [7, 11) is -3.09. The molecule has 0 heterocycles. The molecule has 0 spiro atoms. The van der Waals surface area contributed by atoms with Crippen molar-refractivity contribution in [3.63, 3.8) is 0 Å². The molecule has 1 aliphatic carbocycles. The summed E-state index contributed by atoms with van der Waals surface area (Å²) in [5.74, 6) is 0. The van der Waals surface area contributed by atoms with Crippen molar-refractivity contribution in [2.45, 2.75) is 44.2 Å². The van der Waals surface area contributed by atoms with Gasteiger partial charge >= 0.3 is 0 Å². The average Bonchev–Trinajstić information content (AvgIpc) is 1.92. The van der Waals surface area contributed by atoms with Gasteiger partial charge in [-0.25, -0.2) is 13.1 Å². The maximum absolute atomic E-state index is 11.0. The predicted molar refractivity (Wildman–Crippen MR) is 52.8 cm³/mol. The van der Waals surface area contributed by atoms with Crippen LogP contribution < -0.4 is 10.5 Å². The topological polar surface area (TPSA) is 72.2 Å². The first-order valence-electron chi connectivity index (χ1n) is 4.55. The molecule has 5 heteroatoms. The molecule has 0 bridgehead atoms. The highest BCUT2D eigenvalue weighted by Crippen LogP contribution is 2.27. The van der Waals surface area contributed by atoms with Crippen LogP contribution in [0.1, 0.15) is 32.6 Å². The summed E-state index contributed by atoms with van der Waals surface area (Å²) in [4.78, 5) is 0. The summed E-state index contributed by atoms with van der Waals surface area (Å²) < 4.78 is 24.8. The zero-order valence-electron chi connectivity index (χ0n) is 8.21. The molecule has 0 amide bonds. The summed E-state index contributed by atoms with van der Waals surface area (Å²) in [6.45, 7) is 1.94. The molecule has 1 rings (SSSR count). The first-order valence-corrected chi connectivity index (χ1v) is 6.44. The first-order chi connectivity index (χ1) is 5.81. The van der Waals surface area contributed by atoms with E-state index in [2.05, 4.69) is 4.72 Å². The smallest absolute Gasteiger partial charge is 0.209 e. The van der Waals surface area contributed by atoms with E-state index in [0.717, 1.165) is 25.7 Å². The van der Waals surface area contributed by atoms with Gasteiger partial charge in [0.25, 0.3) is 0 Å². The second-order valence-electron chi connectivity index (χ2n) is 4.27. The molecule has 1 fully saturated rings. The molecule has 0 aromatic carbocycles. The number of nitrogens with one attached hydrogen (secondary N) is 1. The van der Waals surface area contributed by atoms with Gasteiger partial charge in [0.1, 0.15) is 0 Å². The van der Waals surface area contributed by atoms with Gasteiger partial charge in [-0.2, -0.15) is 0 Å². The van der Waals surface area contributed by atoms with Crippen LogP contribution in [0.15, 0.2) is 0 Å². The van der Waals surface area contributed by atoms with E-state index < -0.39 is 10.0 Å². The molecule has 1 aliphatic rings. The summed E-state index contributed by atoms with van der Waals surface area (Å²) in [5, 5.41) is 0. The molecule has 78 valence electrons. The molecular weight excluding hydrogens is 188 g/mol. The lowest BCUT2D eigenvalue weighted by atomic mass is 9.82. The Morgan fingerprint density at radius 2 is 1.85 bits per heavy atom. The van der Waals surface area contributed by atoms with E-state index in [9.17, 15) is 8.42 Å². The fourth-order valence-corrected chi connectivity index (χ4v) is 2.93. The van der Waals surface area contributed by atoms with E-state index in [1.54, 1.807) is 0 Å². The van der Waals surface area contributed by atoms with E-state index in [4.69, 9.17) is 5.73 Å². The summed E-state index contributed by atoms with van der Waals surface area (Å²) in [6.07, 6.45) is 4.67. The Bertz CT molecular complexity index is 266. The standard InChI is InChI=1S/C8H18N2O2S/c1-8(10-13(2,11)12)5-3-7(9)4-6-8/h7,10H,3-6,9H2,1-2H3. The second kappa shape index (κ2) is 3.55. The van der Waals surface area contributed by atoms with Crippen molar-refractivity contribution in [2.24, 2.45) is 5.73 Å². The third-order valence-corrected chi connectivity index (χ3v) is 3.43. The van der Waals surface area contributed by atoms with E-state index in [0.29, 0.717) is 0 Å². The lowest BCUT2D eigenvalue weighted by molar-refractivity contribution is 0.272. The van der Waals surface area contributed by atoms with Crippen molar-refractivity contribution in [1.29, 1.82) is 0 Å². The quantitative estimate of drug-likeness (QED) is 0.677. The molecule has 13 heavy (non-hydrogen) atoms. The van der Waals surface area contributed by atoms with Gasteiger partial charge in [0.05, 0.1) is 6.26 Å². The Morgan fingerprint density at radius 1 is 1.38 bits per heavy atom. The Labute approximate surface area is 79.9 Å². The lowest BCUT2D eigenvalue weighted by Crippen LogP contribution is -2.49. The van der Waals surface area contributed by atoms with Crippen LogP contribution in [-0.4, -0.2) is 26.3 Å². The van der Waals surface area contributed by atoms with Crippen LogP contribution in [0.5, 0.6) is 0 Å². The van der Waals surface area contributed by atoms with Crippen LogP contribution in [0.2, 0.25) is 0 Å². The average molecular weight is 206 g/mol. The van der Waals surface area contributed by atoms with E-state index in [-0.39, 0.29) is 11.6 Å². The molecule has 1 saturated carbocycles.